The molecule has 0 bridgehead atoms. The molecule has 76 valence electrons. The van der Waals surface area contributed by atoms with Crippen molar-refractivity contribution in [2.24, 2.45) is 0 Å². The number of amides is 1. The van der Waals surface area contributed by atoms with E-state index in [0.29, 0.717) is 11.6 Å². The minimum Gasteiger partial charge on any atom is -0.348 e. The summed E-state index contributed by atoms with van der Waals surface area (Å²) in [4.78, 5) is 11.3. The lowest BCUT2D eigenvalue weighted by Crippen LogP contribution is -2.13. The third-order valence-corrected chi connectivity index (χ3v) is 2.47. The predicted molar refractivity (Wildman–Crippen MR) is 58.7 cm³/mol. The van der Waals surface area contributed by atoms with Crippen molar-refractivity contribution in [2.45, 2.75) is 27.3 Å². The number of nitrogens with one attached hydrogen (secondary N) is 1. The van der Waals surface area contributed by atoms with E-state index in [4.69, 9.17) is 11.6 Å². The Balaban J connectivity index is 0.000000461. The van der Waals surface area contributed by atoms with Crippen LogP contribution in [0.15, 0.2) is 12.1 Å². The molecule has 1 amide bonds. The maximum atomic E-state index is 11.3. The van der Waals surface area contributed by atoms with E-state index in [-0.39, 0.29) is 5.91 Å². The number of hydrogen-bond acceptors (Lipinski definition) is 1. The lowest BCUT2D eigenvalue weighted by molar-refractivity contribution is 0.0965. The van der Waals surface area contributed by atoms with Crippen molar-refractivity contribution in [2.75, 3.05) is 0 Å². The van der Waals surface area contributed by atoms with Gasteiger partial charge in [0.25, 0.3) is 5.91 Å². The highest BCUT2D eigenvalue weighted by atomic mass is 35.5. The summed E-state index contributed by atoms with van der Waals surface area (Å²) < 4.78 is 0. The Bertz CT molecular complexity index is 361. The summed E-state index contributed by atoms with van der Waals surface area (Å²) in [5, 5.41) is 3.42. The monoisotopic (exact) mass is 211 g/mol. The highest BCUT2D eigenvalue weighted by Gasteiger charge is 2.22. The number of carbonyl (C=O) groups excluding carboxylic acids is 1. The number of rotatable bonds is 0. The molecular formula is C11H14ClNO. The quantitative estimate of drug-likeness (QED) is 0.703. The van der Waals surface area contributed by atoms with Gasteiger partial charge in [-0.05, 0) is 18.6 Å². The van der Waals surface area contributed by atoms with Gasteiger partial charge in [-0.15, -0.1) is 0 Å². The smallest absolute Gasteiger partial charge is 0.252 e. The summed E-state index contributed by atoms with van der Waals surface area (Å²) in [5.41, 5.74) is 2.67. The summed E-state index contributed by atoms with van der Waals surface area (Å²) >= 11 is 5.91. The van der Waals surface area contributed by atoms with Gasteiger partial charge in [0.05, 0.1) is 0 Å². The molecule has 2 rings (SSSR count). The Hall–Kier alpha value is -1.02. The van der Waals surface area contributed by atoms with Crippen LogP contribution in [0, 0.1) is 6.92 Å². The van der Waals surface area contributed by atoms with Crippen LogP contribution in [-0.2, 0) is 6.54 Å². The van der Waals surface area contributed by atoms with Crippen LogP contribution in [-0.4, -0.2) is 5.91 Å². The molecule has 1 aliphatic heterocycles. The normalized spacial score (nSPS) is 12.7. The van der Waals surface area contributed by atoms with Gasteiger partial charge in [0.2, 0.25) is 0 Å². The van der Waals surface area contributed by atoms with Gasteiger partial charge in [0.15, 0.2) is 0 Å². The predicted octanol–water partition coefficient (Wildman–Crippen LogP) is 2.92. The number of hydrogen-bond donors (Lipinski definition) is 1. The fraction of sp³-hybridized carbons (Fsp3) is 0.364. The van der Waals surface area contributed by atoms with Crippen LogP contribution in [0.2, 0.25) is 5.02 Å². The molecule has 1 aromatic rings. The van der Waals surface area contributed by atoms with Crippen molar-refractivity contribution < 1.29 is 4.79 Å². The van der Waals surface area contributed by atoms with Gasteiger partial charge < -0.3 is 5.32 Å². The van der Waals surface area contributed by atoms with Crippen LogP contribution in [0.25, 0.3) is 0 Å². The molecule has 1 aliphatic rings. The van der Waals surface area contributed by atoms with E-state index in [1.165, 1.54) is 0 Å². The van der Waals surface area contributed by atoms with E-state index in [1.807, 2.05) is 32.9 Å². The van der Waals surface area contributed by atoms with Crippen LogP contribution in [0.3, 0.4) is 0 Å². The molecule has 14 heavy (non-hydrogen) atoms. The highest BCUT2D eigenvalue weighted by molar-refractivity contribution is 6.32. The van der Waals surface area contributed by atoms with Crippen LogP contribution in [0.1, 0.15) is 35.3 Å². The van der Waals surface area contributed by atoms with Crippen LogP contribution in [0.4, 0.5) is 0 Å². The first-order valence-electron chi connectivity index (χ1n) is 4.76. The first-order chi connectivity index (χ1) is 6.70. The van der Waals surface area contributed by atoms with E-state index in [0.717, 1.165) is 16.7 Å². The molecule has 3 heteroatoms. The van der Waals surface area contributed by atoms with Crippen LogP contribution in [0.5, 0.6) is 0 Å². The van der Waals surface area contributed by atoms with E-state index >= 15 is 0 Å². The van der Waals surface area contributed by atoms with E-state index in [9.17, 15) is 4.79 Å². The molecule has 0 atom stereocenters. The average molecular weight is 212 g/mol. The first kappa shape index (κ1) is 11.1. The number of carbonyl (C=O) groups is 1. The summed E-state index contributed by atoms with van der Waals surface area (Å²) in [6.45, 7) is 6.48. The molecule has 0 aromatic heterocycles. The summed E-state index contributed by atoms with van der Waals surface area (Å²) in [6, 6.07) is 3.70. The second kappa shape index (κ2) is 4.47. The molecule has 0 saturated carbocycles. The fourth-order valence-electron chi connectivity index (χ4n) is 1.49. The minimum atomic E-state index is -0.00926. The minimum absolute atomic E-state index is 0.00926. The zero-order valence-electron chi connectivity index (χ0n) is 8.65. The molecular weight excluding hydrogens is 198 g/mol. The van der Waals surface area contributed by atoms with Crippen LogP contribution >= 0.6 is 11.6 Å². The van der Waals surface area contributed by atoms with Gasteiger partial charge in [-0.3, -0.25) is 4.79 Å². The van der Waals surface area contributed by atoms with Gasteiger partial charge in [-0.25, -0.2) is 0 Å². The second-order valence-electron chi connectivity index (χ2n) is 2.90. The zero-order chi connectivity index (χ0) is 10.7. The molecule has 1 N–H and O–H groups in total. The molecule has 0 unspecified atom stereocenters. The topological polar surface area (TPSA) is 29.1 Å². The molecule has 0 radical (unpaired) electrons. The van der Waals surface area contributed by atoms with Gasteiger partial charge in [0.1, 0.15) is 0 Å². The Morgan fingerprint density at radius 2 is 2.00 bits per heavy atom. The molecule has 0 saturated heterocycles. The maximum absolute atomic E-state index is 11.3. The number of halogens is 1. The molecule has 0 aliphatic carbocycles. The van der Waals surface area contributed by atoms with Gasteiger partial charge in [-0.1, -0.05) is 31.5 Å². The lowest BCUT2D eigenvalue weighted by Gasteiger charge is -2.01. The maximum Gasteiger partial charge on any atom is 0.252 e. The number of fused-ring (bicyclic) bond motifs is 1. The standard InChI is InChI=1S/C9H8ClNO.C2H6/c1-5-2-3-7(10)6-4-11-9(12)8(5)6;1-2/h2-3H,4H2,1H3,(H,11,12);1-2H3. The van der Waals surface area contributed by atoms with Crippen molar-refractivity contribution in [3.8, 4) is 0 Å². The fourth-order valence-corrected chi connectivity index (χ4v) is 1.71. The Kier molecular flexibility index (Phi) is 3.53. The van der Waals surface area contributed by atoms with Crippen molar-refractivity contribution in [1.82, 2.24) is 5.32 Å². The highest BCUT2D eigenvalue weighted by Crippen LogP contribution is 2.26. The molecule has 0 spiro atoms. The third-order valence-electron chi connectivity index (χ3n) is 2.12. The molecule has 0 fully saturated rings. The van der Waals surface area contributed by atoms with Gasteiger partial charge in [0, 0.05) is 22.7 Å². The lowest BCUT2D eigenvalue weighted by atomic mass is 10.0. The Morgan fingerprint density at radius 3 is 2.57 bits per heavy atom. The summed E-state index contributed by atoms with van der Waals surface area (Å²) in [6.07, 6.45) is 0. The van der Waals surface area contributed by atoms with Gasteiger partial charge >= 0.3 is 0 Å². The van der Waals surface area contributed by atoms with E-state index in [2.05, 4.69) is 5.32 Å². The number of benzene rings is 1. The SMILES string of the molecule is CC.Cc1ccc(Cl)c2c1C(=O)NC2. The van der Waals surface area contributed by atoms with Crippen molar-refractivity contribution in [3.05, 3.63) is 33.8 Å². The van der Waals surface area contributed by atoms with Crippen LogP contribution < -0.4 is 5.32 Å². The largest absolute Gasteiger partial charge is 0.348 e. The number of aryl methyl sites for hydroxylation is 1. The first-order valence-corrected chi connectivity index (χ1v) is 5.14. The van der Waals surface area contributed by atoms with Gasteiger partial charge in [-0.2, -0.15) is 0 Å². The molecule has 2 nitrogen and oxygen atoms in total. The zero-order valence-corrected chi connectivity index (χ0v) is 9.40. The average Bonchev–Trinajstić information content (AvgIpc) is 2.59. The van der Waals surface area contributed by atoms with E-state index in [1.54, 1.807) is 0 Å². The molecule has 1 heterocycles. The van der Waals surface area contributed by atoms with Crippen molar-refractivity contribution >= 4 is 17.5 Å². The second-order valence-corrected chi connectivity index (χ2v) is 3.31. The summed E-state index contributed by atoms with van der Waals surface area (Å²) in [5.74, 6) is -0.00926. The van der Waals surface area contributed by atoms with Crippen molar-refractivity contribution in [3.63, 3.8) is 0 Å². The van der Waals surface area contributed by atoms with Crippen molar-refractivity contribution in [1.29, 1.82) is 0 Å². The Labute approximate surface area is 89.3 Å². The Morgan fingerprint density at radius 1 is 1.36 bits per heavy atom. The van der Waals surface area contributed by atoms with E-state index < -0.39 is 0 Å². The molecule has 1 aromatic carbocycles. The summed E-state index contributed by atoms with van der Waals surface area (Å²) in [7, 11) is 0. The third kappa shape index (κ3) is 1.75.